The van der Waals surface area contributed by atoms with Gasteiger partial charge in [0.05, 0.1) is 8.07 Å². The Morgan fingerprint density at radius 2 is 1.48 bits per heavy atom. The van der Waals surface area contributed by atoms with Crippen molar-refractivity contribution in [3.63, 3.8) is 0 Å². The molecule has 21 heavy (non-hydrogen) atoms. The molecule has 0 radical (unpaired) electrons. The second-order valence-corrected chi connectivity index (χ2v) is 12.4. The molecular formula is C19H32OSi. The van der Waals surface area contributed by atoms with Crippen LogP contribution in [0.25, 0.3) is 0 Å². The van der Waals surface area contributed by atoms with Gasteiger partial charge >= 0.3 is 0 Å². The lowest BCUT2D eigenvalue weighted by molar-refractivity contribution is -0.107. The van der Waals surface area contributed by atoms with E-state index in [-0.39, 0.29) is 0 Å². The maximum Gasteiger partial charge on any atom is 0.120 e. The number of hydrogen-bond acceptors (Lipinski definition) is 1. The zero-order chi connectivity index (χ0) is 16.1. The number of carbonyl (C=O) groups excluding carboxylic acids is 1. The van der Waals surface area contributed by atoms with E-state index in [2.05, 4.69) is 57.5 Å². The zero-order valence-corrected chi connectivity index (χ0v) is 15.6. The Kier molecular flexibility index (Phi) is 11.0. The fraction of sp³-hybridized carbons (Fsp3) is 0.632. The van der Waals surface area contributed by atoms with E-state index in [1.165, 1.54) is 11.1 Å². The first kappa shape index (κ1) is 19.9. The molecule has 0 aliphatic carbocycles. The molecule has 0 unspecified atom stereocenters. The Bertz CT molecular complexity index is 413. The van der Waals surface area contributed by atoms with Gasteiger partial charge in [0.1, 0.15) is 6.29 Å². The minimum atomic E-state index is -0.995. The van der Waals surface area contributed by atoms with Gasteiger partial charge in [-0.25, -0.2) is 0 Å². The summed E-state index contributed by atoms with van der Waals surface area (Å²) in [6.45, 7) is 11.4. The molecule has 0 N–H and O–H groups in total. The van der Waals surface area contributed by atoms with E-state index >= 15 is 0 Å². The maximum atomic E-state index is 10.3. The predicted octanol–water partition coefficient (Wildman–Crippen LogP) is 5.76. The van der Waals surface area contributed by atoms with E-state index in [1.54, 1.807) is 0 Å². The van der Waals surface area contributed by atoms with Crippen LogP contribution in [0, 0.1) is 11.8 Å². The molecule has 118 valence electrons. The third-order valence-corrected chi connectivity index (χ3v) is 4.43. The number of unbranched alkanes of at least 4 members (excludes halogenated alkanes) is 1. The molecule has 0 saturated carbocycles. The van der Waals surface area contributed by atoms with Gasteiger partial charge in [0.15, 0.2) is 0 Å². The van der Waals surface area contributed by atoms with Crippen molar-refractivity contribution in [3.05, 3.63) is 23.3 Å². The van der Waals surface area contributed by atoms with E-state index < -0.39 is 8.07 Å². The Morgan fingerprint density at radius 1 is 0.905 bits per heavy atom. The number of rotatable bonds is 9. The number of allylic oxidation sites excluding steroid dienone is 4. The lowest BCUT2D eigenvalue weighted by Crippen LogP contribution is -2.17. The van der Waals surface area contributed by atoms with Gasteiger partial charge < -0.3 is 4.79 Å². The molecular weight excluding hydrogens is 272 g/mol. The smallest absolute Gasteiger partial charge is 0.120 e. The van der Waals surface area contributed by atoms with E-state index in [4.69, 9.17) is 0 Å². The minimum absolute atomic E-state index is 0.646. The number of hydrogen-bond donors (Lipinski definition) is 0. The van der Waals surface area contributed by atoms with Gasteiger partial charge in [-0.3, -0.25) is 0 Å². The predicted molar refractivity (Wildman–Crippen MR) is 97.2 cm³/mol. The molecule has 0 fully saturated rings. The van der Waals surface area contributed by atoms with Gasteiger partial charge in [-0.1, -0.05) is 42.9 Å². The third-order valence-electron chi connectivity index (χ3n) is 3.19. The standard InChI is InChI=1S/C19H32OSi/c1-18(13-10-14-19(2)15-11-16-20)12-8-6-7-9-17-21(3,4)5/h12,14,16H,6,8,10-11,13,15,17H2,1-5H3/b18-12+,19-14+. The van der Waals surface area contributed by atoms with Crippen molar-refractivity contribution in [1.29, 1.82) is 0 Å². The van der Waals surface area contributed by atoms with Gasteiger partial charge in [-0.05, 0) is 39.5 Å². The highest BCUT2D eigenvalue weighted by Crippen LogP contribution is 2.11. The van der Waals surface area contributed by atoms with Crippen LogP contribution in [-0.4, -0.2) is 14.4 Å². The Hall–Kier alpha value is -1.07. The van der Waals surface area contributed by atoms with Gasteiger partial charge in [0.2, 0.25) is 0 Å². The normalized spacial score (nSPS) is 12.8. The summed E-state index contributed by atoms with van der Waals surface area (Å²) in [4.78, 5) is 10.3. The minimum Gasteiger partial charge on any atom is -0.303 e. The molecule has 0 saturated heterocycles. The average molecular weight is 305 g/mol. The number of aldehydes is 1. The molecule has 0 bridgehead atoms. The molecule has 0 heterocycles. The van der Waals surface area contributed by atoms with Crippen LogP contribution >= 0.6 is 0 Å². The quantitative estimate of drug-likeness (QED) is 0.174. The highest BCUT2D eigenvalue weighted by Gasteiger charge is 2.09. The summed E-state index contributed by atoms with van der Waals surface area (Å²) in [7, 11) is -0.995. The summed E-state index contributed by atoms with van der Waals surface area (Å²) in [6.07, 6.45) is 11.4. The second-order valence-electron chi connectivity index (χ2n) is 6.97. The van der Waals surface area contributed by atoms with E-state index in [1.807, 2.05) is 0 Å². The van der Waals surface area contributed by atoms with Gasteiger partial charge in [0, 0.05) is 18.9 Å². The Morgan fingerprint density at radius 3 is 2.05 bits per heavy atom. The highest BCUT2D eigenvalue weighted by atomic mass is 28.3. The summed E-state index contributed by atoms with van der Waals surface area (Å²) in [5.74, 6) is 6.61. The summed E-state index contributed by atoms with van der Waals surface area (Å²) in [5.41, 5.74) is 2.77. The van der Waals surface area contributed by atoms with Crippen LogP contribution in [-0.2, 0) is 4.79 Å². The molecule has 0 rings (SSSR count). The third kappa shape index (κ3) is 15.1. The van der Waals surface area contributed by atoms with Crippen molar-refractivity contribution < 1.29 is 4.79 Å². The molecule has 0 aromatic rings. The van der Waals surface area contributed by atoms with Crippen LogP contribution in [0.2, 0.25) is 25.7 Å². The molecule has 0 aromatic carbocycles. The first-order chi connectivity index (χ1) is 9.85. The van der Waals surface area contributed by atoms with Crippen LogP contribution in [0.1, 0.15) is 52.4 Å². The van der Waals surface area contributed by atoms with Gasteiger partial charge in [-0.2, -0.15) is 0 Å². The molecule has 1 nitrogen and oxygen atoms in total. The van der Waals surface area contributed by atoms with Crippen molar-refractivity contribution >= 4 is 14.4 Å². The van der Waals surface area contributed by atoms with E-state index in [0.29, 0.717) is 6.42 Å². The SMILES string of the molecule is C/C(=C\CC/C(C)=C/CCC#CC[Si](C)(C)C)CCC=O. The van der Waals surface area contributed by atoms with Crippen LogP contribution in [0.4, 0.5) is 0 Å². The van der Waals surface area contributed by atoms with Crippen LogP contribution in [0.5, 0.6) is 0 Å². The molecule has 0 spiro atoms. The summed E-state index contributed by atoms with van der Waals surface area (Å²) in [5, 5.41) is 0. The summed E-state index contributed by atoms with van der Waals surface area (Å²) >= 11 is 0. The first-order valence-electron chi connectivity index (χ1n) is 8.06. The van der Waals surface area contributed by atoms with Crippen molar-refractivity contribution in [3.8, 4) is 11.8 Å². The van der Waals surface area contributed by atoms with E-state index in [0.717, 1.165) is 44.4 Å². The van der Waals surface area contributed by atoms with Crippen molar-refractivity contribution in [2.24, 2.45) is 0 Å². The summed E-state index contributed by atoms with van der Waals surface area (Å²) < 4.78 is 0. The molecule has 0 aliphatic heterocycles. The fourth-order valence-corrected chi connectivity index (χ4v) is 2.50. The lowest BCUT2D eigenvalue weighted by atomic mass is 10.1. The van der Waals surface area contributed by atoms with Crippen LogP contribution in [0.3, 0.4) is 0 Å². The molecule has 2 heteroatoms. The summed E-state index contributed by atoms with van der Waals surface area (Å²) in [6, 6.07) is 1.11. The number of carbonyl (C=O) groups is 1. The topological polar surface area (TPSA) is 17.1 Å². The fourth-order valence-electron chi connectivity index (χ4n) is 1.84. The average Bonchev–Trinajstić information content (AvgIpc) is 2.39. The monoisotopic (exact) mass is 304 g/mol. The molecule has 0 aromatic heterocycles. The Labute approximate surface area is 132 Å². The molecule has 0 amide bonds. The maximum absolute atomic E-state index is 10.3. The first-order valence-corrected chi connectivity index (χ1v) is 11.8. The van der Waals surface area contributed by atoms with Crippen LogP contribution < -0.4 is 0 Å². The Balaban J connectivity index is 3.86. The van der Waals surface area contributed by atoms with Gasteiger partial charge in [-0.15, -0.1) is 11.8 Å². The van der Waals surface area contributed by atoms with Crippen molar-refractivity contribution in [1.82, 2.24) is 0 Å². The molecule has 0 aliphatic rings. The molecule has 0 atom stereocenters. The van der Waals surface area contributed by atoms with E-state index in [9.17, 15) is 4.79 Å². The van der Waals surface area contributed by atoms with Crippen molar-refractivity contribution in [2.75, 3.05) is 0 Å². The van der Waals surface area contributed by atoms with Gasteiger partial charge in [0.25, 0.3) is 0 Å². The van der Waals surface area contributed by atoms with Crippen molar-refractivity contribution in [2.45, 2.75) is 78.1 Å². The lowest BCUT2D eigenvalue weighted by Gasteiger charge is -2.09. The second kappa shape index (κ2) is 11.6. The largest absolute Gasteiger partial charge is 0.303 e. The zero-order valence-electron chi connectivity index (χ0n) is 14.6. The van der Waals surface area contributed by atoms with Crippen LogP contribution in [0.15, 0.2) is 23.3 Å². The highest BCUT2D eigenvalue weighted by molar-refractivity contribution is 6.76.